The van der Waals surface area contributed by atoms with Crippen LogP contribution in [-0.4, -0.2) is 16.6 Å². The lowest BCUT2D eigenvalue weighted by atomic mass is 9.97. The zero-order valence-corrected chi connectivity index (χ0v) is 9.48. The van der Waals surface area contributed by atoms with Gasteiger partial charge in [0.25, 0.3) is 0 Å². The fourth-order valence-electron chi connectivity index (χ4n) is 1.43. The maximum Gasteiger partial charge on any atom is 0.0772 e. The third-order valence-corrected chi connectivity index (χ3v) is 3.40. The lowest BCUT2D eigenvalue weighted by molar-refractivity contribution is 0.404. The fraction of sp³-hybridized carbons (Fsp3) is 0.778. The van der Waals surface area contributed by atoms with E-state index in [0.29, 0.717) is 12.0 Å². The first-order chi connectivity index (χ1) is 6.20. The normalized spacial score (nSPS) is 15.7. The molecule has 0 aliphatic heterocycles. The summed E-state index contributed by atoms with van der Waals surface area (Å²) in [5, 5.41) is 7.36. The molecule has 3 nitrogen and oxygen atoms in total. The number of aryl methyl sites for hydroxylation is 1. The lowest BCUT2D eigenvalue weighted by Gasteiger charge is -2.20. The van der Waals surface area contributed by atoms with Crippen LogP contribution in [0.2, 0.25) is 0 Å². The second kappa shape index (κ2) is 4.67. The Kier molecular flexibility index (Phi) is 3.81. The molecule has 0 bridgehead atoms. The van der Waals surface area contributed by atoms with Crippen molar-refractivity contribution in [2.24, 2.45) is 5.92 Å². The van der Waals surface area contributed by atoms with Gasteiger partial charge in [0.15, 0.2) is 0 Å². The third kappa shape index (κ3) is 2.25. The van der Waals surface area contributed by atoms with Crippen LogP contribution in [0.25, 0.3) is 0 Å². The van der Waals surface area contributed by atoms with Crippen LogP contribution >= 0.6 is 11.5 Å². The van der Waals surface area contributed by atoms with Crippen molar-refractivity contribution >= 4 is 11.5 Å². The van der Waals surface area contributed by atoms with Gasteiger partial charge in [0.2, 0.25) is 0 Å². The average Bonchev–Trinajstić information content (AvgIpc) is 2.53. The summed E-state index contributed by atoms with van der Waals surface area (Å²) < 4.78 is 3.96. The largest absolute Gasteiger partial charge is 0.312 e. The Morgan fingerprint density at radius 3 is 2.62 bits per heavy atom. The van der Waals surface area contributed by atoms with Crippen molar-refractivity contribution in [3.05, 3.63) is 10.6 Å². The minimum absolute atomic E-state index is 0.407. The van der Waals surface area contributed by atoms with Crippen molar-refractivity contribution in [3.63, 3.8) is 0 Å². The van der Waals surface area contributed by atoms with E-state index in [1.54, 1.807) is 0 Å². The van der Waals surface area contributed by atoms with Crippen molar-refractivity contribution < 1.29 is 0 Å². The number of nitrogens with one attached hydrogen (secondary N) is 1. The number of hydrogen-bond acceptors (Lipinski definition) is 4. The van der Waals surface area contributed by atoms with Gasteiger partial charge in [0.05, 0.1) is 10.6 Å². The molecule has 2 atom stereocenters. The molecule has 2 unspecified atom stereocenters. The molecule has 4 heteroatoms. The standard InChI is InChI=1S/C9H17N3S/c1-5-6(2)8(10-4)9-7(3)11-12-13-9/h6,8,10H,5H2,1-4H3. The lowest BCUT2D eigenvalue weighted by Crippen LogP contribution is -2.22. The molecule has 1 heterocycles. The van der Waals surface area contributed by atoms with Crippen molar-refractivity contribution in [3.8, 4) is 0 Å². The second-order valence-corrected chi connectivity index (χ2v) is 4.16. The zero-order valence-electron chi connectivity index (χ0n) is 8.66. The predicted molar refractivity (Wildman–Crippen MR) is 55.9 cm³/mol. The van der Waals surface area contributed by atoms with Gasteiger partial charge in [-0.05, 0) is 31.4 Å². The van der Waals surface area contributed by atoms with Crippen LogP contribution in [0, 0.1) is 12.8 Å². The van der Waals surface area contributed by atoms with E-state index in [4.69, 9.17) is 0 Å². The van der Waals surface area contributed by atoms with Crippen LogP contribution in [0.15, 0.2) is 0 Å². The van der Waals surface area contributed by atoms with Gasteiger partial charge in [-0.1, -0.05) is 24.8 Å². The molecular formula is C9H17N3S. The van der Waals surface area contributed by atoms with Crippen molar-refractivity contribution in [2.75, 3.05) is 7.05 Å². The summed E-state index contributed by atoms with van der Waals surface area (Å²) in [7, 11) is 2.00. The summed E-state index contributed by atoms with van der Waals surface area (Å²) in [6.07, 6.45) is 1.17. The first kappa shape index (κ1) is 10.6. The molecule has 1 aromatic rings. The number of aromatic nitrogens is 2. The van der Waals surface area contributed by atoms with Gasteiger partial charge in [-0.15, -0.1) is 5.10 Å². The summed E-state index contributed by atoms with van der Waals surface area (Å²) in [6, 6.07) is 0.407. The van der Waals surface area contributed by atoms with Crippen LogP contribution < -0.4 is 5.32 Å². The van der Waals surface area contributed by atoms with E-state index >= 15 is 0 Å². The van der Waals surface area contributed by atoms with Gasteiger partial charge in [-0.3, -0.25) is 0 Å². The van der Waals surface area contributed by atoms with E-state index in [9.17, 15) is 0 Å². The summed E-state index contributed by atoms with van der Waals surface area (Å²) in [4.78, 5) is 1.27. The molecule has 0 aliphatic carbocycles. The zero-order chi connectivity index (χ0) is 9.84. The first-order valence-electron chi connectivity index (χ1n) is 4.66. The molecule has 0 amide bonds. The van der Waals surface area contributed by atoms with Gasteiger partial charge >= 0.3 is 0 Å². The molecule has 0 radical (unpaired) electrons. The van der Waals surface area contributed by atoms with Crippen LogP contribution in [0.5, 0.6) is 0 Å². The van der Waals surface area contributed by atoms with E-state index in [1.165, 1.54) is 22.8 Å². The second-order valence-electron chi connectivity index (χ2n) is 3.37. The molecule has 1 N–H and O–H groups in total. The molecule has 0 fully saturated rings. The van der Waals surface area contributed by atoms with Gasteiger partial charge in [-0.25, -0.2) is 0 Å². The Labute approximate surface area is 83.7 Å². The maximum atomic E-state index is 4.03. The highest BCUT2D eigenvalue weighted by molar-refractivity contribution is 7.05. The van der Waals surface area contributed by atoms with Crippen LogP contribution in [0.1, 0.15) is 36.9 Å². The molecule has 0 saturated carbocycles. The van der Waals surface area contributed by atoms with E-state index in [2.05, 4.69) is 28.8 Å². The molecular weight excluding hydrogens is 182 g/mol. The van der Waals surface area contributed by atoms with E-state index < -0.39 is 0 Å². The van der Waals surface area contributed by atoms with Crippen LogP contribution in [-0.2, 0) is 0 Å². The highest BCUT2D eigenvalue weighted by Crippen LogP contribution is 2.27. The number of nitrogens with zero attached hydrogens (tertiary/aromatic N) is 2. The van der Waals surface area contributed by atoms with E-state index in [-0.39, 0.29) is 0 Å². The molecule has 0 aromatic carbocycles. The highest BCUT2D eigenvalue weighted by atomic mass is 32.1. The predicted octanol–water partition coefficient (Wildman–Crippen LogP) is 2.15. The monoisotopic (exact) mass is 199 g/mol. The summed E-state index contributed by atoms with van der Waals surface area (Å²) in [5.41, 5.74) is 1.06. The Hall–Kier alpha value is -0.480. The third-order valence-electron chi connectivity index (χ3n) is 2.49. The fourth-order valence-corrected chi connectivity index (χ4v) is 2.32. The molecule has 1 aromatic heterocycles. The summed E-state index contributed by atoms with van der Waals surface area (Å²) in [6.45, 7) is 6.48. The Morgan fingerprint density at radius 2 is 2.23 bits per heavy atom. The topological polar surface area (TPSA) is 37.8 Å². The smallest absolute Gasteiger partial charge is 0.0772 e. The molecule has 0 aliphatic rings. The Morgan fingerprint density at radius 1 is 1.54 bits per heavy atom. The van der Waals surface area contributed by atoms with Crippen LogP contribution in [0.3, 0.4) is 0 Å². The molecule has 74 valence electrons. The number of hydrogen-bond donors (Lipinski definition) is 1. The minimum Gasteiger partial charge on any atom is -0.312 e. The average molecular weight is 199 g/mol. The van der Waals surface area contributed by atoms with Crippen molar-refractivity contribution in [1.82, 2.24) is 14.9 Å². The van der Waals surface area contributed by atoms with Crippen molar-refractivity contribution in [2.45, 2.75) is 33.2 Å². The Bertz CT molecular complexity index is 259. The van der Waals surface area contributed by atoms with Gasteiger partial charge < -0.3 is 5.32 Å². The van der Waals surface area contributed by atoms with Gasteiger partial charge in [-0.2, -0.15) is 0 Å². The van der Waals surface area contributed by atoms with E-state index in [0.717, 1.165) is 5.69 Å². The first-order valence-corrected chi connectivity index (χ1v) is 5.44. The van der Waals surface area contributed by atoms with Crippen molar-refractivity contribution in [1.29, 1.82) is 0 Å². The maximum absolute atomic E-state index is 4.03. The summed E-state index contributed by atoms with van der Waals surface area (Å²) >= 11 is 1.50. The minimum atomic E-state index is 0.407. The van der Waals surface area contributed by atoms with Crippen LogP contribution in [0.4, 0.5) is 0 Å². The molecule has 0 spiro atoms. The SMILES string of the molecule is CCC(C)C(NC)c1snnc1C. The molecule has 13 heavy (non-hydrogen) atoms. The Balaban J connectivity index is 2.84. The van der Waals surface area contributed by atoms with Gasteiger partial charge in [0.1, 0.15) is 0 Å². The van der Waals surface area contributed by atoms with Gasteiger partial charge in [0, 0.05) is 6.04 Å². The molecule has 0 saturated heterocycles. The summed E-state index contributed by atoms with van der Waals surface area (Å²) in [5.74, 6) is 0.631. The van der Waals surface area contributed by atoms with E-state index in [1.807, 2.05) is 14.0 Å². The molecule has 1 rings (SSSR count). The number of rotatable bonds is 4. The quantitative estimate of drug-likeness (QED) is 0.807. The highest BCUT2D eigenvalue weighted by Gasteiger charge is 2.20.